The normalized spacial score (nSPS) is 26.3. The highest BCUT2D eigenvalue weighted by molar-refractivity contribution is 5.89. The molecule has 2 aliphatic rings. The van der Waals surface area contributed by atoms with Crippen LogP contribution in [0, 0.1) is 0 Å². The van der Waals surface area contributed by atoms with Crippen LogP contribution in [0.1, 0.15) is 101 Å². The molecule has 2 saturated heterocycles. The van der Waals surface area contributed by atoms with Gasteiger partial charge in [-0.1, -0.05) is 76.5 Å². The molecule has 1 N–H and O–H groups in total. The molecule has 2 aliphatic heterocycles. The maximum Gasteiger partial charge on any atom is 0.338 e. The largest absolute Gasteiger partial charge is 0.459 e. The van der Waals surface area contributed by atoms with Gasteiger partial charge in [0.2, 0.25) is 0 Å². The summed E-state index contributed by atoms with van der Waals surface area (Å²) >= 11 is 0. The number of aliphatic hydroxyl groups excluding tert-OH is 1. The van der Waals surface area contributed by atoms with Crippen LogP contribution < -0.4 is 0 Å². The van der Waals surface area contributed by atoms with E-state index in [0.717, 1.165) is 38.5 Å². The predicted molar refractivity (Wildman–Crippen MR) is 126 cm³/mol. The van der Waals surface area contributed by atoms with E-state index in [-0.39, 0.29) is 43.1 Å². The summed E-state index contributed by atoms with van der Waals surface area (Å²) in [6.45, 7) is 2.53. The lowest BCUT2D eigenvalue weighted by Gasteiger charge is -2.23. The second kappa shape index (κ2) is 14.0. The Morgan fingerprint density at radius 1 is 0.938 bits per heavy atom. The van der Waals surface area contributed by atoms with Crippen molar-refractivity contribution in [2.24, 2.45) is 0 Å². The minimum absolute atomic E-state index is 0.0377. The quantitative estimate of drug-likeness (QED) is 0.288. The molecule has 0 saturated carbocycles. The lowest BCUT2D eigenvalue weighted by molar-refractivity contribution is -0.0990. The minimum Gasteiger partial charge on any atom is -0.459 e. The third-order valence-corrected chi connectivity index (χ3v) is 6.83. The van der Waals surface area contributed by atoms with Gasteiger partial charge in [0.1, 0.15) is 6.61 Å². The van der Waals surface area contributed by atoms with Crippen LogP contribution in [0.4, 0.5) is 0 Å². The summed E-state index contributed by atoms with van der Waals surface area (Å²) in [6.07, 6.45) is 14.2. The summed E-state index contributed by atoms with van der Waals surface area (Å²) in [4.78, 5) is 12.1. The van der Waals surface area contributed by atoms with Gasteiger partial charge in [-0.25, -0.2) is 4.79 Å². The number of unbranched alkanes of at least 4 members (excludes halogenated alkanes) is 7. The monoisotopic (exact) mass is 446 g/mol. The number of carbonyl (C=O) groups excluding carboxylic acids is 1. The number of aliphatic hydroxyl groups is 1. The molecule has 0 spiro atoms. The molecule has 32 heavy (non-hydrogen) atoms. The first kappa shape index (κ1) is 25.2. The molecule has 5 heteroatoms. The second-order valence-corrected chi connectivity index (χ2v) is 9.46. The van der Waals surface area contributed by atoms with Crippen LogP contribution in [0.25, 0.3) is 0 Å². The number of ether oxygens (including phenoxy) is 3. The molecule has 2 heterocycles. The van der Waals surface area contributed by atoms with E-state index in [1.54, 1.807) is 12.1 Å². The second-order valence-electron chi connectivity index (χ2n) is 9.46. The van der Waals surface area contributed by atoms with Gasteiger partial charge in [0.15, 0.2) is 0 Å². The Bertz CT molecular complexity index is 649. The fourth-order valence-corrected chi connectivity index (χ4v) is 4.87. The summed E-state index contributed by atoms with van der Waals surface area (Å²) in [5.41, 5.74) is 0.564. The highest BCUT2D eigenvalue weighted by atomic mass is 16.6. The van der Waals surface area contributed by atoms with Crippen LogP contribution in [0.5, 0.6) is 0 Å². The van der Waals surface area contributed by atoms with Crippen molar-refractivity contribution in [2.75, 3.05) is 6.61 Å². The standard InChI is InChI=1S/C27H42O5/c1-2-3-4-5-6-7-8-12-15-23(28)24-18-19-26(32-24)25-17-16-22(31-25)20-30-27(29)21-13-10-9-11-14-21/h9-11,13-14,22-26,28H,2-8,12,15-20H2,1H3/t22-,23+,24-,25-,26-/m1/s1. The van der Waals surface area contributed by atoms with Crippen LogP contribution in [0.3, 0.4) is 0 Å². The Kier molecular flexibility index (Phi) is 11.0. The lowest BCUT2D eigenvalue weighted by Crippen LogP contribution is -2.31. The Morgan fingerprint density at radius 3 is 2.34 bits per heavy atom. The van der Waals surface area contributed by atoms with Crippen molar-refractivity contribution in [2.45, 2.75) is 121 Å². The first-order chi connectivity index (χ1) is 15.7. The molecule has 3 rings (SSSR count). The maximum absolute atomic E-state index is 12.1. The smallest absolute Gasteiger partial charge is 0.338 e. The molecule has 180 valence electrons. The van der Waals surface area contributed by atoms with Crippen LogP contribution >= 0.6 is 0 Å². The number of hydrogen-bond donors (Lipinski definition) is 1. The van der Waals surface area contributed by atoms with Gasteiger partial charge >= 0.3 is 5.97 Å². The average Bonchev–Trinajstić information content (AvgIpc) is 3.49. The fraction of sp³-hybridized carbons (Fsp3) is 0.741. The molecule has 2 fully saturated rings. The van der Waals surface area contributed by atoms with Crippen LogP contribution in [0.15, 0.2) is 30.3 Å². The van der Waals surface area contributed by atoms with Crippen molar-refractivity contribution in [3.63, 3.8) is 0 Å². The highest BCUT2D eigenvalue weighted by Gasteiger charge is 2.39. The molecule has 5 atom stereocenters. The van der Waals surface area contributed by atoms with Crippen LogP contribution in [-0.4, -0.2) is 48.2 Å². The molecule has 0 aliphatic carbocycles. The number of rotatable bonds is 14. The lowest BCUT2D eigenvalue weighted by atomic mass is 10.0. The third kappa shape index (κ3) is 8.17. The number of hydrogen-bond acceptors (Lipinski definition) is 5. The Morgan fingerprint density at radius 2 is 1.59 bits per heavy atom. The molecule has 1 aromatic carbocycles. The molecule has 1 aromatic rings. The van der Waals surface area contributed by atoms with Gasteiger partial charge in [-0.2, -0.15) is 0 Å². The SMILES string of the molecule is CCCCCCCCCC[C@H](O)[C@H]1CC[C@H]([C@H]2CC[C@H](COC(=O)c3ccccc3)O2)O1. The number of benzene rings is 1. The zero-order valence-electron chi connectivity index (χ0n) is 19.8. The maximum atomic E-state index is 12.1. The van der Waals surface area contributed by atoms with Gasteiger partial charge in [-0.3, -0.25) is 0 Å². The first-order valence-electron chi connectivity index (χ1n) is 12.9. The first-order valence-corrected chi connectivity index (χ1v) is 12.9. The van der Waals surface area contributed by atoms with Gasteiger partial charge in [-0.05, 0) is 44.2 Å². The molecule has 0 bridgehead atoms. The zero-order chi connectivity index (χ0) is 22.6. The van der Waals surface area contributed by atoms with E-state index in [4.69, 9.17) is 14.2 Å². The molecule has 0 unspecified atom stereocenters. The number of esters is 1. The molecule has 5 nitrogen and oxygen atoms in total. The highest BCUT2D eigenvalue weighted by Crippen LogP contribution is 2.33. The molecular formula is C27H42O5. The summed E-state index contributed by atoms with van der Waals surface area (Å²) in [6, 6.07) is 9.05. The molecule has 0 aromatic heterocycles. The van der Waals surface area contributed by atoms with Crippen LogP contribution in [0.2, 0.25) is 0 Å². The summed E-state index contributed by atoms with van der Waals surface area (Å²) in [5.74, 6) is -0.307. The van der Waals surface area contributed by atoms with Crippen molar-refractivity contribution >= 4 is 5.97 Å². The van der Waals surface area contributed by atoms with Crippen molar-refractivity contribution in [1.29, 1.82) is 0 Å². The van der Waals surface area contributed by atoms with Gasteiger partial charge in [0.05, 0.1) is 36.1 Å². The van der Waals surface area contributed by atoms with Crippen molar-refractivity contribution in [3.05, 3.63) is 35.9 Å². The van der Waals surface area contributed by atoms with Gasteiger partial charge in [-0.15, -0.1) is 0 Å². The van der Waals surface area contributed by atoms with Gasteiger partial charge < -0.3 is 19.3 Å². The Hall–Kier alpha value is -1.43. The van der Waals surface area contributed by atoms with Gasteiger partial charge in [0, 0.05) is 0 Å². The van der Waals surface area contributed by atoms with E-state index >= 15 is 0 Å². The summed E-state index contributed by atoms with van der Waals surface area (Å²) in [7, 11) is 0. The van der Waals surface area contributed by atoms with E-state index < -0.39 is 0 Å². The Balaban J connectivity index is 1.27. The fourth-order valence-electron chi connectivity index (χ4n) is 4.87. The summed E-state index contributed by atoms with van der Waals surface area (Å²) in [5, 5.41) is 10.6. The zero-order valence-corrected chi connectivity index (χ0v) is 19.8. The minimum atomic E-state index is -0.371. The Labute approximate surface area is 193 Å². The van der Waals surface area contributed by atoms with E-state index in [2.05, 4.69) is 6.92 Å². The third-order valence-electron chi connectivity index (χ3n) is 6.83. The van der Waals surface area contributed by atoms with E-state index in [0.29, 0.717) is 5.56 Å². The van der Waals surface area contributed by atoms with Crippen molar-refractivity contribution < 1.29 is 24.1 Å². The van der Waals surface area contributed by atoms with Gasteiger partial charge in [0.25, 0.3) is 0 Å². The van der Waals surface area contributed by atoms with Crippen molar-refractivity contribution in [3.8, 4) is 0 Å². The van der Waals surface area contributed by atoms with E-state index in [1.807, 2.05) is 18.2 Å². The van der Waals surface area contributed by atoms with E-state index in [1.165, 1.54) is 44.9 Å². The molecule has 0 amide bonds. The average molecular weight is 447 g/mol. The topological polar surface area (TPSA) is 65.0 Å². The number of carbonyl (C=O) groups is 1. The van der Waals surface area contributed by atoms with Crippen molar-refractivity contribution in [1.82, 2.24) is 0 Å². The van der Waals surface area contributed by atoms with Crippen LogP contribution in [-0.2, 0) is 14.2 Å². The molecule has 0 radical (unpaired) electrons. The predicted octanol–water partition coefficient (Wildman–Crippen LogP) is 5.83. The summed E-state index contributed by atoms with van der Waals surface area (Å²) < 4.78 is 17.7. The molecular weight excluding hydrogens is 404 g/mol. The van der Waals surface area contributed by atoms with E-state index in [9.17, 15) is 9.90 Å².